The van der Waals surface area contributed by atoms with Crippen LogP contribution >= 0.6 is 11.3 Å². The third-order valence-electron chi connectivity index (χ3n) is 5.11. The molecule has 0 aromatic carbocycles. The molecule has 0 amide bonds. The van der Waals surface area contributed by atoms with E-state index in [9.17, 15) is 18.0 Å². The van der Waals surface area contributed by atoms with Gasteiger partial charge < -0.3 is 19.6 Å². The number of aryl methyl sites for hydroxylation is 1. The predicted octanol–water partition coefficient (Wildman–Crippen LogP) is 2.49. The summed E-state index contributed by atoms with van der Waals surface area (Å²) in [6.45, 7) is 3.92. The minimum Gasteiger partial charge on any atom is -0.462 e. The molecule has 0 saturated carbocycles. The summed E-state index contributed by atoms with van der Waals surface area (Å²) in [5.41, 5.74) is 6.21. The topological polar surface area (TPSA) is 155 Å². The Bertz CT molecular complexity index is 1320. The lowest BCUT2D eigenvalue weighted by Crippen LogP contribution is -2.28. The average Bonchev–Trinajstić information content (AvgIpc) is 3.51. The fourth-order valence-corrected chi connectivity index (χ4v) is 6.41. The molecule has 11 nitrogen and oxygen atoms in total. The number of aromatic nitrogens is 2. The lowest BCUT2D eigenvalue weighted by molar-refractivity contribution is 0.0463. The van der Waals surface area contributed by atoms with Crippen LogP contribution in [0.4, 0.5) is 5.82 Å². The van der Waals surface area contributed by atoms with Crippen LogP contribution in [0, 0.1) is 6.92 Å². The molecule has 2 N–H and O–H groups in total. The number of thiophene rings is 1. The van der Waals surface area contributed by atoms with Crippen molar-refractivity contribution in [1.82, 2.24) is 14.3 Å². The number of furan rings is 1. The van der Waals surface area contributed by atoms with Crippen LogP contribution in [0.25, 0.3) is 11.1 Å². The predicted molar refractivity (Wildman–Crippen MR) is 118 cm³/mol. The van der Waals surface area contributed by atoms with Gasteiger partial charge in [0, 0.05) is 13.1 Å². The van der Waals surface area contributed by atoms with Crippen molar-refractivity contribution in [2.24, 2.45) is 0 Å². The third-order valence-corrected chi connectivity index (χ3v) is 8.08. The number of fused-ring (bicyclic) bond motifs is 1. The van der Waals surface area contributed by atoms with Gasteiger partial charge in [-0.2, -0.15) is 9.29 Å². The summed E-state index contributed by atoms with van der Waals surface area (Å²) < 4.78 is 42.9. The first-order valence-electron chi connectivity index (χ1n) is 10.2. The minimum absolute atomic E-state index is 0.0191. The molecule has 1 aliphatic heterocycles. The van der Waals surface area contributed by atoms with Crippen molar-refractivity contribution in [2.45, 2.75) is 38.2 Å². The summed E-state index contributed by atoms with van der Waals surface area (Å²) in [5.74, 6) is -1.13. The van der Waals surface area contributed by atoms with E-state index in [1.54, 1.807) is 13.8 Å². The van der Waals surface area contributed by atoms with Gasteiger partial charge >= 0.3 is 11.9 Å². The largest absolute Gasteiger partial charge is 0.462 e. The highest BCUT2D eigenvalue weighted by molar-refractivity contribution is 7.89. The normalized spacial score (nSPS) is 14.6. The summed E-state index contributed by atoms with van der Waals surface area (Å²) in [6.07, 6.45) is 1.57. The quantitative estimate of drug-likeness (QED) is 0.484. The van der Waals surface area contributed by atoms with E-state index >= 15 is 0 Å². The highest BCUT2D eigenvalue weighted by Crippen LogP contribution is 2.30. The van der Waals surface area contributed by atoms with Crippen molar-refractivity contribution in [2.75, 3.05) is 25.4 Å². The van der Waals surface area contributed by atoms with Crippen molar-refractivity contribution >= 4 is 50.2 Å². The monoisotopic (exact) mass is 494 g/mol. The van der Waals surface area contributed by atoms with Gasteiger partial charge in [-0.1, -0.05) is 0 Å². The number of hydrogen-bond acceptors (Lipinski definition) is 11. The summed E-state index contributed by atoms with van der Waals surface area (Å²) in [5, 5.41) is 1.75. The van der Waals surface area contributed by atoms with Crippen molar-refractivity contribution in [3.8, 4) is 0 Å². The van der Waals surface area contributed by atoms with E-state index in [1.165, 1.54) is 15.8 Å². The van der Waals surface area contributed by atoms with Crippen molar-refractivity contribution in [1.29, 1.82) is 0 Å². The first-order chi connectivity index (χ1) is 15.7. The summed E-state index contributed by atoms with van der Waals surface area (Å²) >= 11 is 0.981. The molecular weight excluding hydrogens is 472 g/mol. The molecule has 33 heavy (non-hydrogen) atoms. The number of nitrogens with two attached hydrogens (primary N) is 1. The number of esters is 2. The minimum atomic E-state index is -3.77. The molecule has 176 valence electrons. The number of carbonyl (C=O) groups is 2. The molecule has 0 radical (unpaired) electrons. The van der Waals surface area contributed by atoms with Crippen LogP contribution in [-0.2, 0) is 26.1 Å². The Hall–Kier alpha value is -3.03. The number of hydrogen-bond donors (Lipinski definition) is 1. The summed E-state index contributed by atoms with van der Waals surface area (Å²) in [7, 11) is -3.77. The molecule has 4 rings (SSSR count). The van der Waals surface area contributed by atoms with Crippen LogP contribution in [0.5, 0.6) is 0 Å². The van der Waals surface area contributed by atoms with Crippen LogP contribution in [0.2, 0.25) is 0 Å². The van der Waals surface area contributed by atoms with Crippen LogP contribution in [0.3, 0.4) is 0 Å². The van der Waals surface area contributed by atoms with E-state index in [0.717, 1.165) is 24.2 Å². The van der Waals surface area contributed by atoms with Crippen LogP contribution < -0.4 is 5.73 Å². The molecule has 1 fully saturated rings. The Morgan fingerprint density at radius 3 is 2.64 bits per heavy atom. The van der Waals surface area contributed by atoms with Gasteiger partial charge in [0.25, 0.3) is 0 Å². The molecule has 0 bridgehead atoms. The van der Waals surface area contributed by atoms with E-state index in [1.807, 2.05) is 0 Å². The fraction of sp³-hybridized carbons (Fsp3) is 0.400. The number of anilines is 1. The van der Waals surface area contributed by atoms with Crippen molar-refractivity contribution < 1.29 is 31.9 Å². The maximum atomic E-state index is 12.9. The van der Waals surface area contributed by atoms with Gasteiger partial charge in [-0.05, 0) is 38.1 Å². The number of rotatable bonds is 7. The lowest BCUT2D eigenvalue weighted by atomic mass is 10.2. The van der Waals surface area contributed by atoms with Gasteiger partial charge in [-0.3, -0.25) is 0 Å². The van der Waals surface area contributed by atoms with E-state index in [4.69, 9.17) is 19.6 Å². The standard InChI is InChI=1S/C20H22N4O7S2/c1-3-29-19(25)14-11(2)31-18-15(14)17(21)22-13(23-18)10-30-20(26)16-12(6-9-32-16)33(27,28)24-7-4-5-8-24/h6,9H,3-5,7-8,10H2,1-2H3,(H2,21,22,23). The van der Waals surface area contributed by atoms with Crippen molar-refractivity contribution in [3.05, 3.63) is 33.5 Å². The summed E-state index contributed by atoms with van der Waals surface area (Å²) in [4.78, 5) is 33.1. The third kappa shape index (κ3) is 4.30. The van der Waals surface area contributed by atoms with Gasteiger partial charge in [0.15, 0.2) is 12.4 Å². The second-order valence-electron chi connectivity index (χ2n) is 7.26. The van der Waals surface area contributed by atoms with Crippen LogP contribution in [0.1, 0.15) is 51.4 Å². The van der Waals surface area contributed by atoms with E-state index < -0.39 is 22.0 Å². The molecule has 0 spiro atoms. The second-order valence-corrected chi connectivity index (χ2v) is 10.1. The molecular formula is C20H22N4O7S2. The maximum absolute atomic E-state index is 12.9. The van der Waals surface area contributed by atoms with Crippen LogP contribution in [0.15, 0.2) is 20.8 Å². The number of carbonyl (C=O) groups excluding carboxylic acids is 2. The molecule has 0 unspecified atom stereocenters. The molecule has 13 heteroatoms. The van der Waals surface area contributed by atoms with Gasteiger partial charge in [-0.25, -0.2) is 23.0 Å². The number of sulfonamides is 1. The number of ether oxygens (including phenoxy) is 2. The van der Waals surface area contributed by atoms with E-state index in [-0.39, 0.29) is 57.1 Å². The second kappa shape index (κ2) is 9.08. The molecule has 3 aromatic rings. The zero-order valence-corrected chi connectivity index (χ0v) is 19.6. The first-order valence-corrected chi connectivity index (χ1v) is 12.5. The van der Waals surface area contributed by atoms with Crippen molar-refractivity contribution in [3.63, 3.8) is 0 Å². The highest BCUT2D eigenvalue weighted by Gasteiger charge is 2.32. The Morgan fingerprint density at radius 2 is 1.94 bits per heavy atom. The Balaban J connectivity index is 1.55. The zero-order valence-electron chi connectivity index (χ0n) is 18.0. The Labute approximate surface area is 193 Å². The fourth-order valence-electron chi connectivity index (χ4n) is 3.61. The number of nitrogen functional groups attached to an aromatic ring is 1. The van der Waals surface area contributed by atoms with Gasteiger partial charge in [0.05, 0.1) is 12.0 Å². The van der Waals surface area contributed by atoms with Gasteiger partial charge in [0.2, 0.25) is 15.7 Å². The zero-order chi connectivity index (χ0) is 23.8. The van der Waals surface area contributed by atoms with Crippen LogP contribution in [-0.4, -0.2) is 54.3 Å². The molecule has 0 atom stereocenters. The molecule has 1 saturated heterocycles. The first kappa shape index (κ1) is 23.1. The smallest absolute Gasteiger partial charge is 0.350 e. The van der Waals surface area contributed by atoms with Gasteiger partial charge in [0.1, 0.15) is 26.9 Å². The molecule has 3 aromatic heterocycles. The average molecular weight is 495 g/mol. The molecule has 0 aliphatic carbocycles. The SMILES string of the molecule is CCOC(=O)c1c(C)oc2nc(COC(=O)c3sccc3S(=O)(=O)N3CCCC3)nc(N)c12. The van der Waals surface area contributed by atoms with Gasteiger partial charge in [-0.15, -0.1) is 11.3 Å². The highest BCUT2D eigenvalue weighted by atomic mass is 32.2. The Morgan fingerprint density at radius 1 is 1.21 bits per heavy atom. The molecule has 4 heterocycles. The number of nitrogens with zero attached hydrogens (tertiary/aromatic N) is 3. The maximum Gasteiger partial charge on any atom is 0.350 e. The van der Waals surface area contributed by atoms with E-state index in [2.05, 4.69) is 9.97 Å². The Kier molecular flexibility index (Phi) is 6.36. The lowest BCUT2D eigenvalue weighted by Gasteiger charge is -2.15. The summed E-state index contributed by atoms with van der Waals surface area (Å²) in [6, 6.07) is 1.40. The molecule has 1 aliphatic rings. The van der Waals surface area contributed by atoms with E-state index in [0.29, 0.717) is 13.1 Å².